The maximum Gasteiger partial charge on any atom is 0.417 e. The normalized spacial score (nSPS) is 16.6. The highest BCUT2D eigenvalue weighted by atomic mass is 79.9. The van der Waals surface area contributed by atoms with Crippen LogP contribution in [0, 0.1) is 0 Å². The lowest BCUT2D eigenvalue weighted by atomic mass is 10.0. The predicted octanol–water partition coefficient (Wildman–Crippen LogP) is 6.49. The molecule has 0 radical (unpaired) electrons. The summed E-state index contributed by atoms with van der Waals surface area (Å²) >= 11 is 2.98. The van der Waals surface area contributed by atoms with Crippen molar-refractivity contribution in [3.8, 4) is 11.5 Å². The molecule has 3 aromatic rings. The second kappa shape index (κ2) is 7.54. The Morgan fingerprint density at radius 2 is 1.84 bits per heavy atom. The van der Waals surface area contributed by atoms with E-state index in [1.807, 2.05) is 0 Å². The minimum absolute atomic E-state index is 0.0285. The van der Waals surface area contributed by atoms with Gasteiger partial charge in [-0.05, 0) is 49.2 Å². The molecule has 0 saturated carbocycles. The van der Waals surface area contributed by atoms with Crippen LogP contribution in [0.3, 0.4) is 0 Å². The van der Waals surface area contributed by atoms with E-state index in [2.05, 4.69) is 26.1 Å². The highest BCUT2D eigenvalue weighted by Crippen LogP contribution is 2.45. The number of benzene rings is 2. The minimum atomic E-state index is -4.52. The van der Waals surface area contributed by atoms with Crippen molar-refractivity contribution in [1.29, 1.82) is 0 Å². The Labute approximate surface area is 181 Å². The van der Waals surface area contributed by atoms with E-state index in [4.69, 9.17) is 4.52 Å². The summed E-state index contributed by atoms with van der Waals surface area (Å²) in [6.45, 7) is 1.83. The molecule has 164 valence electrons. The Hall–Kier alpha value is -2.56. The molecule has 31 heavy (non-hydrogen) atoms. The molecule has 0 N–H and O–H groups in total. The maximum atomic E-state index is 13.5. The summed E-state index contributed by atoms with van der Waals surface area (Å²) in [6, 6.07) is 7.15. The number of anilines is 1. The van der Waals surface area contributed by atoms with Gasteiger partial charge in [0.15, 0.2) is 5.82 Å². The third-order valence-corrected chi connectivity index (χ3v) is 5.74. The lowest BCUT2D eigenvalue weighted by Gasteiger charge is -2.23. The van der Waals surface area contributed by atoms with E-state index in [-0.39, 0.29) is 46.3 Å². The molecule has 1 unspecified atom stereocenters. The van der Waals surface area contributed by atoms with Gasteiger partial charge in [0.25, 0.3) is 5.89 Å². The molecule has 1 aliphatic rings. The van der Waals surface area contributed by atoms with Gasteiger partial charge in [-0.15, -0.1) is 0 Å². The predicted molar refractivity (Wildman–Crippen MR) is 103 cm³/mol. The largest absolute Gasteiger partial charge is 0.417 e. The lowest BCUT2D eigenvalue weighted by molar-refractivity contribution is -0.139. The van der Waals surface area contributed by atoms with Gasteiger partial charge in [0.05, 0.1) is 17.7 Å². The van der Waals surface area contributed by atoms with Crippen molar-refractivity contribution >= 4 is 21.6 Å². The van der Waals surface area contributed by atoms with Gasteiger partial charge in [-0.1, -0.05) is 27.2 Å². The zero-order chi connectivity index (χ0) is 22.6. The van der Waals surface area contributed by atoms with Crippen LogP contribution in [0.4, 0.5) is 32.0 Å². The Kier molecular flexibility index (Phi) is 5.27. The van der Waals surface area contributed by atoms with Crippen molar-refractivity contribution in [3.63, 3.8) is 0 Å². The van der Waals surface area contributed by atoms with E-state index < -0.39 is 23.5 Å². The molecular formula is C20H14BrF6N3O. The zero-order valence-electron chi connectivity index (χ0n) is 15.9. The summed E-state index contributed by atoms with van der Waals surface area (Å²) in [5.74, 6) is 0.0588. The summed E-state index contributed by atoms with van der Waals surface area (Å²) < 4.78 is 84.4. The molecule has 0 saturated heterocycles. The molecule has 4 rings (SSSR count). The van der Waals surface area contributed by atoms with Gasteiger partial charge in [0, 0.05) is 21.8 Å². The fourth-order valence-electron chi connectivity index (χ4n) is 3.69. The third kappa shape index (κ3) is 4.15. The third-order valence-electron chi connectivity index (χ3n) is 5.08. The Morgan fingerprint density at radius 1 is 1.10 bits per heavy atom. The average molecular weight is 506 g/mol. The highest BCUT2D eigenvalue weighted by Gasteiger charge is 2.41. The summed E-state index contributed by atoms with van der Waals surface area (Å²) in [4.78, 5) is 5.87. The van der Waals surface area contributed by atoms with Crippen molar-refractivity contribution < 1.29 is 30.9 Å². The highest BCUT2D eigenvalue weighted by molar-refractivity contribution is 9.10. The van der Waals surface area contributed by atoms with E-state index >= 15 is 0 Å². The molecule has 0 bridgehead atoms. The molecule has 0 fully saturated rings. The van der Waals surface area contributed by atoms with Crippen molar-refractivity contribution in [2.75, 3.05) is 4.90 Å². The molecule has 1 aliphatic heterocycles. The lowest BCUT2D eigenvalue weighted by Crippen LogP contribution is -2.29. The van der Waals surface area contributed by atoms with Gasteiger partial charge in [0.2, 0.25) is 0 Å². The summed E-state index contributed by atoms with van der Waals surface area (Å²) in [5, 5.41) is 3.80. The standard InChI is InChI=1S/C20H14BrF6N3O/c1-10-7-13-15(6-5-14(21)17(13)20(25,26)27)30(10)9-16-28-18(31-29-16)11-3-2-4-12(8-11)19(22,23)24/h2-6,8,10H,7,9H2,1H3. The second-order valence-corrected chi connectivity index (χ2v) is 8.05. The molecule has 1 aromatic heterocycles. The van der Waals surface area contributed by atoms with Crippen molar-refractivity contribution in [2.45, 2.75) is 38.3 Å². The number of hydrogen-bond acceptors (Lipinski definition) is 4. The number of fused-ring (bicyclic) bond motifs is 1. The van der Waals surface area contributed by atoms with Crippen LogP contribution >= 0.6 is 15.9 Å². The van der Waals surface area contributed by atoms with Crippen LogP contribution in [-0.2, 0) is 25.3 Å². The van der Waals surface area contributed by atoms with Crippen LogP contribution in [0.15, 0.2) is 45.4 Å². The van der Waals surface area contributed by atoms with Crippen LogP contribution in [-0.4, -0.2) is 16.2 Å². The molecule has 0 amide bonds. The fraction of sp³-hybridized carbons (Fsp3) is 0.300. The van der Waals surface area contributed by atoms with Crippen molar-refractivity contribution in [2.24, 2.45) is 0 Å². The van der Waals surface area contributed by atoms with Gasteiger partial charge in [-0.2, -0.15) is 31.3 Å². The van der Waals surface area contributed by atoms with Gasteiger partial charge >= 0.3 is 12.4 Å². The SMILES string of the molecule is CC1Cc2c(ccc(Br)c2C(F)(F)F)N1Cc1noc(-c2cccc(C(F)(F)F)c2)n1. The number of aromatic nitrogens is 2. The first-order chi connectivity index (χ1) is 14.4. The van der Waals surface area contributed by atoms with Crippen LogP contribution in [0.2, 0.25) is 0 Å². The quantitative estimate of drug-likeness (QED) is 0.381. The minimum Gasteiger partial charge on any atom is -0.361 e. The smallest absolute Gasteiger partial charge is 0.361 e. The summed E-state index contributed by atoms with van der Waals surface area (Å²) in [5.41, 5.74) is -0.870. The topological polar surface area (TPSA) is 42.2 Å². The summed E-state index contributed by atoms with van der Waals surface area (Å²) in [6.07, 6.45) is -8.84. The first kappa shape index (κ1) is 21.7. The Balaban J connectivity index is 1.63. The van der Waals surface area contributed by atoms with E-state index in [1.165, 1.54) is 18.2 Å². The van der Waals surface area contributed by atoms with E-state index in [1.54, 1.807) is 17.9 Å². The maximum absolute atomic E-state index is 13.5. The molecule has 1 atom stereocenters. The molecular weight excluding hydrogens is 492 g/mol. The Bertz CT molecular complexity index is 1120. The fourth-order valence-corrected chi connectivity index (χ4v) is 4.29. The van der Waals surface area contributed by atoms with E-state index in [9.17, 15) is 26.3 Å². The molecule has 4 nitrogen and oxygen atoms in total. The molecule has 2 aromatic carbocycles. The van der Waals surface area contributed by atoms with E-state index in [0.717, 1.165) is 12.1 Å². The number of alkyl halides is 6. The van der Waals surface area contributed by atoms with Crippen LogP contribution in [0.5, 0.6) is 0 Å². The number of nitrogens with zero attached hydrogens (tertiary/aromatic N) is 3. The van der Waals surface area contributed by atoms with E-state index in [0.29, 0.717) is 5.69 Å². The Morgan fingerprint density at radius 3 is 2.52 bits per heavy atom. The summed E-state index contributed by atoms with van der Waals surface area (Å²) in [7, 11) is 0. The van der Waals surface area contributed by atoms with Crippen LogP contribution < -0.4 is 4.90 Å². The number of rotatable bonds is 3. The monoisotopic (exact) mass is 505 g/mol. The van der Waals surface area contributed by atoms with Crippen molar-refractivity contribution in [1.82, 2.24) is 10.1 Å². The van der Waals surface area contributed by atoms with Gasteiger partial charge in [-0.25, -0.2) is 0 Å². The number of hydrogen-bond donors (Lipinski definition) is 0. The average Bonchev–Trinajstić information content (AvgIpc) is 3.25. The van der Waals surface area contributed by atoms with Crippen LogP contribution in [0.1, 0.15) is 29.4 Å². The second-order valence-electron chi connectivity index (χ2n) is 7.19. The first-order valence-electron chi connectivity index (χ1n) is 9.10. The van der Waals surface area contributed by atoms with Gasteiger partial charge < -0.3 is 9.42 Å². The zero-order valence-corrected chi connectivity index (χ0v) is 17.4. The van der Waals surface area contributed by atoms with Crippen molar-refractivity contribution in [3.05, 3.63) is 63.4 Å². The molecule has 11 heteroatoms. The molecule has 0 aliphatic carbocycles. The molecule has 2 heterocycles. The van der Waals surface area contributed by atoms with Gasteiger partial charge in [0.1, 0.15) is 0 Å². The number of halogens is 7. The van der Waals surface area contributed by atoms with Gasteiger partial charge in [-0.3, -0.25) is 0 Å². The first-order valence-corrected chi connectivity index (χ1v) is 9.90. The van der Waals surface area contributed by atoms with Crippen LogP contribution in [0.25, 0.3) is 11.5 Å². The molecule has 0 spiro atoms.